The van der Waals surface area contributed by atoms with Crippen LogP contribution in [0.3, 0.4) is 0 Å². The smallest absolute Gasteiger partial charge is 0.374 e. The van der Waals surface area contributed by atoms with Crippen molar-refractivity contribution in [2.75, 3.05) is 0 Å². The van der Waals surface area contributed by atoms with Crippen LogP contribution >= 0.6 is 0 Å². The topological polar surface area (TPSA) is 67.5 Å². The van der Waals surface area contributed by atoms with Crippen LogP contribution in [-0.4, -0.2) is 25.7 Å². The Balaban J connectivity index is 2.80. The lowest BCUT2D eigenvalue weighted by Gasteiger charge is -2.00. The molecule has 14 heavy (non-hydrogen) atoms. The van der Waals surface area contributed by atoms with Gasteiger partial charge in [-0.15, -0.1) is 10.2 Å². The van der Waals surface area contributed by atoms with Crippen molar-refractivity contribution in [1.29, 1.82) is 0 Å². The molecule has 0 amide bonds. The van der Waals surface area contributed by atoms with Crippen LogP contribution in [0.2, 0.25) is 0 Å². The summed E-state index contributed by atoms with van der Waals surface area (Å²) in [5, 5.41) is 16.2. The van der Waals surface area contributed by atoms with Gasteiger partial charge in [0.05, 0.1) is 0 Å². The van der Waals surface area contributed by atoms with Crippen molar-refractivity contribution in [2.24, 2.45) is 0 Å². The predicted molar refractivity (Wildman–Crippen MR) is 49.4 cm³/mol. The third-order valence-corrected chi connectivity index (χ3v) is 2.20. The van der Waals surface area contributed by atoms with Crippen molar-refractivity contribution in [2.45, 2.75) is 13.8 Å². The van der Waals surface area contributed by atoms with Gasteiger partial charge in [-0.05, 0) is 31.0 Å². The van der Waals surface area contributed by atoms with Gasteiger partial charge in [-0.1, -0.05) is 0 Å². The molecule has 2 aromatic rings. The van der Waals surface area contributed by atoms with Crippen LogP contribution in [-0.2, 0) is 0 Å². The molecule has 0 aliphatic heterocycles. The van der Waals surface area contributed by atoms with Crippen molar-refractivity contribution in [1.82, 2.24) is 14.6 Å². The molecule has 0 aliphatic carbocycles. The number of aromatic nitrogens is 3. The summed E-state index contributed by atoms with van der Waals surface area (Å²) in [6, 6.07) is 1.81. The van der Waals surface area contributed by atoms with E-state index in [1.807, 2.05) is 19.9 Å². The molecule has 1 N–H and O–H groups in total. The molecule has 0 bridgehead atoms. The minimum absolute atomic E-state index is 0.0527. The zero-order chi connectivity index (χ0) is 10.3. The van der Waals surface area contributed by atoms with E-state index in [-0.39, 0.29) is 5.82 Å². The minimum atomic E-state index is -1.07. The number of hydrogen-bond acceptors (Lipinski definition) is 3. The highest BCUT2D eigenvalue weighted by Crippen LogP contribution is 2.11. The van der Waals surface area contributed by atoms with Crippen LogP contribution in [0.15, 0.2) is 12.3 Å². The average Bonchev–Trinajstić information content (AvgIpc) is 2.48. The fourth-order valence-corrected chi connectivity index (χ4v) is 1.28. The van der Waals surface area contributed by atoms with E-state index in [1.54, 1.807) is 6.20 Å². The van der Waals surface area contributed by atoms with Gasteiger partial charge in [0.1, 0.15) is 0 Å². The zero-order valence-electron chi connectivity index (χ0n) is 7.85. The summed E-state index contributed by atoms with van der Waals surface area (Å²) >= 11 is 0. The van der Waals surface area contributed by atoms with Crippen molar-refractivity contribution in [3.05, 3.63) is 29.2 Å². The number of rotatable bonds is 1. The molecule has 2 rings (SSSR count). The average molecular weight is 191 g/mol. The maximum absolute atomic E-state index is 10.7. The zero-order valence-corrected chi connectivity index (χ0v) is 7.85. The van der Waals surface area contributed by atoms with Gasteiger partial charge in [-0.25, -0.2) is 4.79 Å². The van der Waals surface area contributed by atoms with E-state index in [9.17, 15) is 4.79 Å². The summed E-state index contributed by atoms with van der Waals surface area (Å²) < 4.78 is 1.48. The lowest BCUT2D eigenvalue weighted by Crippen LogP contribution is -2.04. The maximum Gasteiger partial charge on any atom is 0.374 e. The Morgan fingerprint density at radius 3 is 2.71 bits per heavy atom. The van der Waals surface area contributed by atoms with E-state index in [1.165, 1.54) is 4.40 Å². The second-order valence-corrected chi connectivity index (χ2v) is 3.20. The van der Waals surface area contributed by atoms with Crippen molar-refractivity contribution in [3.8, 4) is 0 Å². The quantitative estimate of drug-likeness (QED) is 0.731. The Hall–Kier alpha value is -1.91. The lowest BCUT2D eigenvalue weighted by molar-refractivity contribution is 0.0682. The van der Waals surface area contributed by atoms with Gasteiger partial charge in [0.15, 0.2) is 5.65 Å². The monoisotopic (exact) mass is 191 g/mol. The number of carbonyl (C=O) groups is 1. The molecule has 0 radical (unpaired) electrons. The number of nitrogens with zero attached hydrogens (tertiary/aromatic N) is 3. The van der Waals surface area contributed by atoms with Crippen LogP contribution < -0.4 is 0 Å². The summed E-state index contributed by atoms with van der Waals surface area (Å²) in [5.74, 6) is -1.12. The Kier molecular flexibility index (Phi) is 1.73. The summed E-state index contributed by atoms with van der Waals surface area (Å²) in [4.78, 5) is 10.7. The first-order chi connectivity index (χ1) is 6.59. The first-order valence-electron chi connectivity index (χ1n) is 4.15. The second kappa shape index (κ2) is 2.80. The molecule has 0 saturated heterocycles. The third-order valence-electron chi connectivity index (χ3n) is 2.20. The molecule has 5 nitrogen and oxygen atoms in total. The van der Waals surface area contributed by atoms with Crippen LogP contribution in [0.1, 0.15) is 21.7 Å². The molecular formula is C9H9N3O2. The van der Waals surface area contributed by atoms with Crippen LogP contribution in [0.5, 0.6) is 0 Å². The van der Waals surface area contributed by atoms with Gasteiger partial charge in [-0.2, -0.15) is 0 Å². The van der Waals surface area contributed by atoms with E-state index in [0.717, 1.165) is 11.1 Å². The summed E-state index contributed by atoms with van der Waals surface area (Å²) in [5.41, 5.74) is 2.65. The summed E-state index contributed by atoms with van der Waals surface area (Å²) in [7, 11) is 0. The molecule has 0 saturated carbocycles. The van der Waals surface area contributed by atoms with E-state index < -0.39 is 5.97 Å². The molecule has 0 fully saturated rings. The van der Waals surface area contributed by atoms with Gasteiger partial charge in [0, 0.05) is 6.20 Å². The van der Waals surface area contributed by atoms with Gasteiger partial charge >= 0.3 is 5.97 Å². The van der Waals surface area contributed by atoms with Gasteiger partial charge < -0.3 is 5.11 Å². The molecule has 2 heterocycles. The van der Waals surface area contributed by atoms with Gasteiger partial charge in [0.2, 0.25) is 5.82 Å². The fourth-order valence-electron chi connectivity index (χ4n) is 1.28. The molecule has 2 aromatic heterocycles. The molecule has 5 heteroatoms. The number of fused-ring (bicyclic) bond motifs is 1. The highest BCUT2D eigenvalue weighted by molar-refractivity contribution is 5.84. The SMILES string of the molecule is Cc1cc2nnc(C(=O)O)n2cc1C. The number of hydrogen-bond donors (Lipinski definition) is 1. The minimum Gasteiger partial charge on any atom is -0.475 e. The second-order valence-electron chi connectivity index (χ2n) is 3.20. The van der Waals surface area contributed by atoms with Gasteiger partial charge in [-0.3, -0.25) is 4.40 Å². The van der Waals surface area contributed by atoms with Crippen LogP contribution in [0.25, 0.3) is 5.65 Å². The number of carboxylic acid groups (broad SMARTS) is 1. The Bertz CT molecular complexity index is 516. The Morgan fingerprint density at radius 2 is 2.07 bits per heavy atom. The van der Waals surface area contributed by atoms with E-state index in [4.69, 9.17) is 5.11 Å². The summed E-state index contributed by atoms with van der Waals surface area (Å²) in [6.07, 6.45) is 1.73. The summed E-state index contributed by atoms with van der Waals surface area (Å²) in [6.45, 7) is 3.87. The highest BCUT2D eigenvalue weighted by atomic mass is 16.4. The van der Waals surface area contributed by atoms with Gasteiger partial charge in [0.25, 0.3) is 0 Å². The molecule has 0 atom stereocenters. The predicted octanol–water partition coefficient (Wildman–Crippen LogP) is 1.04. The van der Waals surface area contributed by atoms with E-state index in [0.29, 0.717) is 5.65 Å². The third kappa shape index (κ3) is 1.14. The van der Waals surface area contributed by atoms with E-state index >= 15 is 0 Å². The first-order valence-corrected chi connectivity index (χ1v) is 4.15. The van der Waals surface area contributed by atoms with Crippen LogP contribution in [0, 0.1) is 13.8 Å². The molecule has 0 spiro atoms. The standard InChI is InChI=1S/C9H9N3O2/c1-5-3-7-10-11-8(9(13)14)12(7)4-6(5)2/h3-4H,1-2H3,(H,13,14). The maximum atomic E-state index is 10.7. The molecule has 72 valence electrons. The van der Waals surface area contributed by atoms with E-state index in [2.05, 4.69) is 10.2 Å². The number of pyridine rings is 1. The molecular weight excluding hydrogens is 182 g/mol. The molecule has 0 unspecified atom stereocenters. The Labute approximate surface area is 80.0 Å². The van der Waals surface area contributed by atoms with Crippen molar-refractivity contribution in [3.63, 3.8) is 0 Å². The fraction of sp³-hybridized carbons (Fsp3) is 0.222. The number of aromatic carboxylic acids is 1. The Morgan fingerprint density at radius 1 is 1.36 bits per heavy atom. The number of aryl methyl sites for hydroxylation is 2. The first kappa shape index (κ1) is 8.68. The normalized spacial score (nSPS) is 10.7. The van der Waals surface area contributed by atoms with Crippen molar-refractivity contribution >= 4 is 11.6 Å². The van der Waals surface area contributed by atoms with Crippen LogP contribution in [0.4, 0.5) is 0 Å². The lowest BCUT2D eigenvalue weighted by atomic mass is 10.2. The molecule has 0 aromatic carbocycles. The highest BCUT2D eigenvalue weighted by Gasteiger charge is 2.12. The number of carboxylic acids is 1. The molecule has 0 aliphatic rings. The van der Waals surface area contributed by atoms with Crippen molar-refractivity contribution < 1.29 is 9.90 Å². The largest absolute Gasteiger partial charge is 0.475 e.